The maximum atomic E-state index is 12.4. The number of benzene rings is 1. The summed E-state index contributed by atoms with van der Waals surface area (Å²) in [7, 11) is 0. The molecular weight excluding hydrogens is 527 g/mol. The number of fused-ring (bicyclic) bond motifs is 1. The fourth-order valence-corrected chi connectivity index (χ4v) is 6.47. The molecular formula is C25H30Cl2N2O6S. The van der Waals surface area contributed by atoms with Gasteiger partial charge in [0.05, 0.1) is 22.1 Å². The molecule has 0 saturated carbocycles. The monoisotopic (exact) mass is 556 g/mol. The smallest absolute Gasteiger partial charge is 0.315 e. The van der Waals surface area contributed by atoms with Gasteiger partial charge in [0.1, 0.15) is 5.78 Å². The molecule has 2 saturated heterocycles. The van der Waals surface area contributed by atoms with Crippen molar-refractivity contribution in [2.24, 2.45) is 0 Å². The largest absolute Gasteiger partial charge is 0.381 e. The van der Waals surface area contributed by atoms with E-state index in [2.05, 4.69) is 10.6 Å². The molecule has 3 atom stereocenters. The average molecular weight is 557 g/mol. The first-order valence-corrected chi connectivity index (χ1v) is 13.9. The van der Waals surface area contributed by atoms with Crippen LogP contribution in [0.1, 0.15) is 72.1 Å². The van der Waals surface area contributed by atoms with Crippen LogP contribution >= 0.6 is 35.0 Å². The molecule has 36 heavy (non-hydrogen) atoms. The fraction of sp³-hybridized carbons (Fsp3) is 0.560. The van der Waals surface area contributed by atoms with Gasteiger partial charge in [-0.25, -0.2) is 4.79 Å². The maximum Gasteiger partial charge on any atom is 0.315 e. The van der Waals surface area contributed by atoms with E-state index in [9.17, 15) is 24.0 Å². The minimum absolute atomic E-state index is 0.0336. The molecule has 0 radical (unpaired) electrons. The zero-order chi connectivity index (χ0) is 26.1. The lowest BCUT2D eigenvalue weighted by molar-refractivity contribution is -0.119. The maximum absolute atomic E-state index is 12.4. The van der Waals surface area contributed by atoms with E-state index < -0.39 is 5.78 Å². The number of urea groups is 1. The molecule has 2 amide bonds. The van der Waals surface area contributed by atoms with Gasteiger partial charge in [0.25, 0.3) is 0 Å². The summed E-state index contributed by atoms with van der Waals surface area (Å²) in [6.45, 7) is 0.823. The van der Waals surface area contributed by atoms with Crippen molar-refractivity contribution >= 4 is 64.6 Å². The van der Waals surface area contributed by atoms with Crippen LogP contribution in [0.25, 0.3) is 0 Å². The Morgan fingerprint density at radius 1 is 0.972 bits per heavy atom. The second-order valence-electron chi connectivity index (χ2n) is 8.92. The molecule has 196 valence electrons. The molecule has 3 unspecified atom stereocenters. The zero-order valence-electron chi connectivity index (χ0n) is 19.9. The Balaban J connectivity index is 1.21. The van der Waals surface area contributed by atoms with E-state index in [0.29, 0.717) is 44.1 Å². The summed E-state index contributed by atoms with van der Waals surface area (Å²) in [5.41, 5.74) is 0.166. The number of Topliss-reactive ketones (excluding diaryl/α,β-unsaturated/α-hetero) is 3. The Kier molecular flexibility index (Phi) is 11.2. The highest BCUT2D eigenvalue weighted by Gasteiger charge is 2.42. The number of unbranched alkanes of at least 4 members (excludes halogenated alkanes) is 1. The zero-order valence-corrected chi connectivity index (χ0v) is 22.2. The van der Waals surface area contributed by atoms with Crippen molar-refractivity contribution in [2.45, 2.75) is 68.7 Å². The van der Waals surface area contributed by atoms with Crippen molar-refractivity contribution in [2.75, 3.05) is 19.0 Å². The average Bonchev–Trinajstić information content (AvgIpc) is 3.41. The Bertz CT molecular complexity index is 1010. The molecule has 2 N–H and O–H groups in total. The van der Waals surface area contributed by atoms with E-state index in [4.69, 9.17) is 27.9 Å². The Morgan fingerprint density at radius 2 is 1.64 bits per heavy atom. The minimum atomic E-state index is -0.799. The Morgan fingerprint density at radius 3 is 2.39 bits per heavy atom. The summed E-state index contributed by atoms with van der Waals surface area (Å²) in [5, 5.41) is 6.20. The molecule has 2 heterocycles. The summed E-state index contributed by atoms with van der Waals surface area (Å²) >= 11 is 14.0. The third kappa shape index (κ3) is 7.78. The second kappa shape index (κ2) is 14.1. The fourth-order valence-electron chi connectivity index (χ4n) is 4.40. The van der Waals surface area contributed by atoms with Crippen LogP contribution in [0.15, 0.2) is 12.1 Å². The van der Waals surface area contributed by atoms with E-state index in [1.807, 2.05) is 11.8 Å². The standard InChI is InChI=1S/C25H30Cl2N2O6S/c26-22-16(9-10-17(23(22)27)20(33)13-30)19(32)7-4-12-35-11-3-6-15(31)5-1-2-8-21-24-18(14-36-21)28-25(34)29-24/h9-10,13,18,21,24H,1-8,11-12,14H2,(H2,28,29,34). The summed E-state index contributed by atoms with van der Waals surface area (Å²) < 4.78 is 5.54. The number of nitrogens with one attached hydrogen (secondary N) is 2. The molecule has 8 nitrogen and oxygen atoms in total. The molecule has 1 aromatic rings. The number of amides is 2. The molecule has 2 aliphatic heterocycles. The van der Waals surface area contributed by atoms with Gasteiger partial charge in [0, 0.05) is 54.6 Å². The minimum Gasteiger partial charge on any atom is -0.381 e. The summed E-state index contributed by atoms with van der Waals surface area (Å²) in [6, 6.07) is 3.08. The van der Waals surface area contributed by atoms with Crippen LogP contribution in [-0.4, -0.2) is 66.0 Å². The van der Waals surface area contributed by atoms with Gasteiger partial charge in [0.2, 0.25) is 5.78 Å². The lowest BCUT2D eigenvalue weighted by atomic mass is 10.0. The van der Waals surface area contributed by atoms with Gasteiger partial charge < -0.3 is 15.4 Å². The van der Waals surface area contributed by atoms with Crippen LogP contribution in [0.5, 0.6) is 0 Å². The van der Waals surface area contributed by atoms with Crippen LogP contribution in [0.2, 0.25) is 10.0 Å². The highest BCUT2D eigenvalue weighted by molar-refractivity contribution is 8.00. The number of halogens is 2. The van der Waals surface area contributed by atoms with Gasteiger partial charge in [-0.15, -0.1) is 0 Å². The Hall–Kier alpha value is -1.94. The number of aldehydes is 1. The lowest BCUT2D eigenvalue weighted by Gasteiger charge is -2.16. The first-order valence-electron chi connectivity index (χ1n) is 12.1. The topological polar surface area (TPSA) is 119 Å². The van der Waals surface area contributed by atoms with E-state index >= 15 is 0 Å². The number of hydrogen-bond acceptors (Lipinski definition) is 7. The molecule has 2 aliphatic rings. The number of hydrogen-bond donors (Lipinski definition) is 2. The predicted octanol–water partition coefficient (Wildman–Crippen LogP) is 4.43. The molecule has 0 aromatic heterocycles. The molecule has 3 rings (SSSR count). The number of ketones is 3. The van der Waals surface area contributed by atoms with Gasteiger partial charge >= 0.3 is 6.03 Å². The third-order valence-corrected chi connectivity index (χ3v) is 8.71. The first kappa shape index (κ1) is 28.6. The van der Waals surface area contributed by atoms with E-state index in [1.54, 1.807) is 0 Å². The number of carbonyl (C=O) groups is 5. The van der Waals surface area contributed by atoms with Gasteiger partial charge in [-0.3, -0.25) is 19.2 Å². The third-order valence-electron chi connectivity index (χ3n) is 6.32. The van der Waals surface area contributed by atoms with Gasteiger partial charge in [-0.05, 0) is 37.8 Å². The van der Waals surface area contributed by atoms with Crippen molar-refractivity contribution in [1.29, 1.82) is 0 Å². The van der Waals surface area contributed by atoms with Crippen LogP contribution in [-0.2, 0) is 14.3 Å². The van der Waals surface area contributed by atoms with Crippen LogP contribution < -0.4 is 10.6 Å². The highest BCUT2D eigenvalue weighted by Crippen LogP contribution is 2.33. The molecule has 2 fully saturated rings. The summed E-state index contributed by atoms with van der Waals surface area (Å²) in [5.74, 6) is 0.140. The second-order valence-corrected chi connectivity index (χ2v) is 10.9. The number of rotatable bonds is 16. The molecule has 0 aliphatic carbocycles. The first-order chi connectivity index (χ1) is 17.3. The molecule has 0 spiro atoms. The Labute approximate surface area is 224 Å². The van der Waals surface area contributed by atoms with Crippen LogP contribution in [0, 0.1) is 0 Å². The molecule has 0 bridgehead atoms. The number of thioether (sulfide) groups is 1. The molecule has 1 aromatic carbocycles. The van der Waals surface area contributed by atoms with E-state index in [-0.39, 0.29) is 63.6 Å². The van der Waals surface area contributed by atoms with Crippen molar-refractivity contribution in [3.63, 3.8) is 0 Å². The highest BCUT2D eigenvalue weighted by atomic mass is 35.5. The van der Waals surface area contributed by atoms with Gasteiger partial charge in [0.15, 0.2) is 12.1 Å². The lowest BCUT2D eigenvalue weighted by Crippen LogP contribution is -2.36. The van der Waals surface area contributed by atoms with Crippen LogP contribution in [0.4, 0.5) is 4.79 Å². The number of ether oxygens (including phenoxy) is 1. The van der Waals surface area contributed by atoms with Crippen LogP contribution in [0.3, 0.4) is 0 Å². The molecule has 11 heteroatoms. The van der Waals surface area contributed by atoms with E-state index in [1.165, 1.54) is 12.1 Å². The van der Waals surface area contributed by atoms with Gasteiger partial charge in [-0.2, -0.15) is 11.8 Å². The number of carbonyl (C=O) groups excluding carboxylic acids is 5. The van der Waals surface area contributed by atoms with Crippen molar-refractivity contribution in [3.8, 4) is 0 Å². The van der Waals surface area contributed by atoms with E-state index in [0.717, 1.165) is 25.0 Å². The van der Waals surface area contributed by atoms with Crippen molar-refractivity contribution in [3.05, 3.63) is 33.3 Å². The normalized spacial score (nSPS) is 20.5. The predicted molar refractivity (Wildman–Crippen MR) is 139 cm³/mol. The quantitative estimate of drug-likeness (QED) is 0.102. The van der Waals surface area contributed by atoms with Crippen molar-refractivity contribution < 1.29 is 28.7 Å². The van der Waals surface area contributed by atoms with Gasteiger partial charge in [-0.1, -0.05) is 29.6 Å². The summed E-state index contributed by atoms with van der Waals surface area (Å²) in [6.07, 6.45) is 5.32. The van der Waals surface area contributed by atoms with Crippen molar-refractivity contribution in [1.82, 2.24) is 10.6 Å². The SMILES string of the molecule is O=CC(=O)c1ccc(C(=O)CCCOCCCC(=O)CCCCC2SCC3NC(=O)NC32)c(Cl)c1Cl. The summed E-state index contributed by atoms with van der Waals surface area (Å²) in [4.78, 5) is 58.1.